The maximum atomic E-state index is 12.5. The predicted octanol–water partition coefficient (Wildman–Crippen LogP) is 1.80. The monoisotopic (exact) mass is 363 g/mol. The van der Waals surface area contributed by atoms with E-state index in [0.29, 0.717) is 5.56 Å². The van der Waals surface area contributed by atoms with Crippen LogP contribution in [0.3, 0.4) is 0 Å². The maximum Gasteiger partial charge on any atom is 0.340 e. The standard InChI is InChI=1S/C18H25N3O5/c1-6-21-10(3)8-13(12(21)5)16(22)26-9-14-15(17(23)25-7-2)11(4)19-18(24)20-14/h8,11H,6-7,9H2,1-5H3,(H2,19,20,24). The summed E-state index contributed by atoms with van der Waals surface area (Å²) in [5.74, 6) is -1.06. The lowest BCUT2D eigenvalue weighted by atomic mass is 10.0. The average Bonchev–Trinajstić information content (AvgIpc) is 2.86. The lowest BCUT2D eigenvalue weighted by Crippen LogP contribution is -2.50. The van der Waals surface area contributed by atoms with Gasteiger partial charge in [0.1, 0.15) is 6.61 Å². The first-order chi connectivity index (χ1) is 12.3. The molecule has 1 aromatic rings. The van der Waals surface area contributed by atoms with Crippen molar-refractivity contribution in [3.8, 4) is 0 Å². The van der Waals surface area contributed by atoms with Gasteiger partial charge in [0.15, 0.2) is 0 Å². The molecule has 1 aliphatic heterocycles. The van der Waals surface area contributed by atoms with Crippen molar-refractivity contribution < 1.29 is 23.9 Å². The molecule has 0 fully saturated rings. The number of ether oxygens (including phenoxy) is 2. The Balaban J connectivity index is 2.21. The molecule has 0 radical (unpaired) electrons. The smallest absolute Gasteiger partial charge is 0.340 e. The summed E-state index contributed by atoms with van der Waals surface area (Å²) in [7, 11) is 0. The topological polar surface area (TPSA) is 98.7 Å². The summed E-state index contributed by atoms with van der Waals surface area (Å²) in [6, 6.07) is 0.772. The third-order valence-electron chi connectivity index (χ3n) is 4.32. The molecule has 26 heavy (non-hydrogen) atoms. The van der Waals surface area contributed by atoms with Crippen LogP contribution in [0.25, 0.3) is 0 Å². The fourth-order valence-corrected chi connectivity index (χ4v) is 3.10. The Hall–Kier alpha value is -2.77. The second-order valence-corrected chi connectivity index (χ2v) is 6.04. The van der Waals surface area contributed by atoms with Gasteiger partial charge in [0.25, 0.3) is 0 Å². The van der Waals surface area contributed by atoms with Gasteiger partial charge in [0.05, 0.1) is 29.5 Å². The van der Waals surface area contributed by atoms with E-state index in [1.807, 2.05) is 25.3 Å². The van der Waals surface area contributed by atoms with Crippen molar-refractivity contribution in [3.63, 3.8) is 0 Å². The summed E-state index contributed by atoms with van der Waals surface area (Å²) < 4.78 is 12.4. The Labute approximate surface area is 152 Å². The first-order valence-corrected chi connectivity index (χ1v) is 8.61. The largest absolute Gasteiger partial charge is 0.463 e. The number of hydrogen-bond donors (Lipinski definition) is 2. The molecular weight excluding hydrogens is 338 g/mol. The molecule has 0 saturated heterocycles. The fourth-order valence-electron chi connectivity index (χ4n) is 3.10. The van der Waals surface area contributed by atoms with Crippen LogP contribution in [0, 0.1) is 13.8 Å². The minimum absolute atomic E-state index is 0.207. The summed E-state index contributed by atoms with van der Waals surface area (Å²) in [6.07, 6.45) is 0. The van der Waals surface area contributed by atoms with E-state index in [-0.39, 0.29) is 24.5 Å². The molecule has 2 amide bonds. The number of amides is 2. The van der Waals surface area contributed by atoms with E-state index in [4.69, 9.17) is 9.47 Å². The number of nitrogens with zero attached hydrogens (tertiary/aromatic N) is 1. The molecule has 0 aliphatic carbocycles. The van der Waals surface area contributed by atoms with Crippen LogP contribution in [-0.4, -0.2) is 41.8 Å². The summed E-state index contributed by atoms with van der Waals surface area (Å²) in [6.45, 7) is 9.87. The van der Waals surface area contributed by atoms with Crippen molar-refractivity contribution in [2.75, 3.05) is 13.2 Å². The molecule has 2 N–H and O–H groups in total. The van der Waals surface area contributed by atoms with E-state index >= 15 is 0 Å². The molecule has 0 aromatic carbocycles. The first kappa shape index (κ1) is 19.6. The van der Waals surface area contributed by atoms with Crippen LogP contribution in [0.15, 0.2) is 17.3 Å². The van der Waals surface area contributed by atoms with Crippen LogP contribution in [0.1, 0.15) is 42.5 Å². The highest BCUT2D eigenvalue weighted by molar-refractivity contribution is 5.95. The number of carbonyl (C=O) groups excluding carboxylic acids is 3. The van der Waals surface area contributed by atoms with Crippen LogP contribution >= 0.6 is 0 Å². The summed E-state index contributed by atoms with van der Waals surface area (Å²) in [5, 5.41) is 5.12. The first-order valence-electron chi connectivity index (χ1n) is 8.61. The van der Waals surface area contributed by atoms with E-state index in [1.165, 1.54) is 0 Å². The van der Waals surface area contributed by atoms with E-state index < -0.39 is 24.0 Å². The van der Waals surface area contributed by atoms with Crippen molar-refractivity contribution in [3.05, 3.63) is 34.3 Å². The Morgan fingerprint density at radius 3 is 2.46 bits per heavy atom. The van der Waals surface area contributed by atoms with E-state index in [2.05, 4.69) is 10.6 Å². The number of hydrogen-bond acceptors (Lipinski definition) is 5. The zero-order valence-electron chi connectivity index (χ0n) is 15.8. The average molecular weight is 363 g/mol. The van der Waals surface area contributed by atoms with Crippen LogP contribution < -0.4 is 10.6 Å². The van der Waals surface area contributed by atoms with Gasteiger partial charge in [-0.2, -0.15) is 0 Å². The molecule has 142 valence electrons. The van der Waals surface area contributed by atoms with Gasteiger partial charge in [0.2, 0.25) is 0 Å². The van der Waals surface area contributed by atoms with Crippen LogP contribution in [0.4, 0.5) is 4.79 Å². The number of nitrogens with one attached hydrogen (secondary N) is 2. The quantitative estimate of drug-likeness (QED) is 0.751. The summed E-state index contributed by atoms with van der Waals surface area (Å²) >= 11 is 0. The number of esters is 2. The molecule has 0 bridgehead atoms. The van der Waals surface area contributed by atoms with Gasteiger partial charge < -0.3 is 24.7 Å². The number of aryl methyl sites for hydroxylation is 1. The molecule has 1 aliphatic rings. The third-order valence-corrected chi connectivity index (χ3v) is 4.32. The Morgan fingerprint density at radius 2 is 1.88 bits per heavy atom. The molecule has 8 heteroatoms. The second kappa shape index (κ2) is 8.07. The van der Waals surface area contributed by atoms with E-state index in [0.717, 1.165) is 17.9 Å². The highest BCUT2D eigenvalue weighted by atomic mass is 16.5. The highest BCUT2D eigenvalue weighted by Crippen LogP contribution is 2.18. The van der Waals surface area contributed by atoms with Crippen LogP contribution in [-0.2, 0) is 20.8 Å². The van der Waals surface area contributed by atoms with Crippen LogP contribution in [0.5, 0.6) is 0 Å². The minimum Gasteiger partial charge on any atom is -0.463 e. The third kappa shape index (κ3) is 3.89. The molecule has 0 saturated carbocycles. The van der Waals surface area contributed by atoms with Gasteiger partial charge in [-0.3, -0.25) is 0 Å². The van der Waals surface area contributed by atoms with Gasteiger partial charge in [-0.1, -0.05) is 0 Å². The number of rotatable bonds is 6. The van der Waals surface area contributed by atoms with Gasteiger partial charge in [0, 0.05) is 17.9 Å². The molecule has 1 atom stereocenters. The molecular formula is C18H25N3O5. The Kier molecular flexibility index (Phi) is 6.07. The Bertz CT molecular complexity index is 763. The van der Waals surface area contributed by atoms with Crippen molar-refractivity contribution >= 4 is 18.0 Å². The normalized spacial score (nSPS) is 16.8. The molecule has 2 rings (SSSR count). The molecule has 8 nitrogen and oxygen atoms in total. The summed E-state index contributed by atoms with van der Waals surface area (Å²) in [4.78, 5) is 36.3. The molecule has 1 unspecified atom stereocenters. The predicted molar refractivity (Wildman–Crippen MR) is 94.7 cm³/mol. The molecule has 2 heterocycles. The van der Waals surface area contributed by atoms with Crippen molar-refractivity contribution in [2.45, 2.75) is 47.2 Å². The minimum atomic E-state index is -0.553. The SMILES string of the molecule is CCOC(=O)C1=C(COC(=O)c2cc(C)n(CC)c2C)NC(=O)NC1C. The number of carbonyl (C=O) groups is 3. The number of urea groups is 1. The van der Waals surface area contributed by atoms with Gasteiger partial charge in [-0.05, 0) is 40.7 Å². The van der Waals surface area contributed by atoms with Gasteiger partial charge in [-0.25, -0.2) is 14.4 Å². The van der Waals surface area contributed by atoms with Crippen molar-refractivity contribution in [1.29, 1.82) is 0 Å². The fraction of sp³-hybridized carbons (Fsp3) is 0.500. The van der Waals surface area contributed by atoms with Crippen LogP contribution in [0.2, 0.25) is 0 Å². The Morgan fingerprint density at radius 1 is 1.19 bits per heavy atom. The second-order valence-electron chi connectivity index (χ2n) is 6.04. The lowest BCUT2D eigenvalue weighted by Gasteiger charge is -2.26. The lowest BCUT2D eigenvalue weighted by molar-refractivity contribution is -0.139. The zero-order valence-corrected chi connectivity index (χ0v) is 15.8. The highest BCUT2D eigenvalue weighted by Gasteiger charge is 2.30. The number of aromatic nitrogens is 1. The molecule has 1 aromatic heterocycles. The molecule has 0 spiro atoms. The zero-order chi connectivity index (χ0) is 19.4. The van der Waals surface area contributed by atoms with E-state index in [1.54, 1.807) is 19.9 Å². The van der Waals surface area contributed by atoms with Crippen molar-refractivity contribution in [1.82, 2.24) is 15.2 Å². The maximum absolute atomic E-state index is 12.5. The summed E-state index contributed by atoms with van der Waals surface area (Å²) in [5.41, 5.74) is 2.73. The van der Waals surface area contributed by atoms with E-state index in [9.17, 15) is 14.4 Å². The van der Waals surface area contributed by atoms with Crippen molar-refractivity contribution in [2.24, 2.45) is 0 Å². The van der Waals surface area contributed by atoms with Gasteiger partial charge in [-0.15, -0.1) is 0 Å². The van der Waals surface area contributed by atoms with Gasteiger partial charge >= 0.3 is 18.0 Å².